The lowest BCUT2D eigenvalue weighted by atomic mass is 10.1. The van der Waals surface area contributed by atoms with E-state index >= 15 is 0 Å². The summed E-state index contributed by atoms with van der Waals surface area (Å²) in [5, 5.41) is 2.80. The maximum absolute atomic E-state index is 11.8. The number of hydrogen-bond donors (Lipinski definition) is 2. The first kappa shape index (κ1) is 14.7. The normalized spacial score (nSPS) is 16.6. The van der Waals surface area contributed by atoms with Crippen LogP contribution in [0.2, 0.25) is 0 Å². The van der Waals surface area contributed by atoms with E-state index in [1.165, 1.54) is 0 Å². The average molecular weight is 293 g/mol. The molecular weight excluding hydrogens is 274 g/mol. The molecule has 1 aliphatic heterocycles. The summed E-state index contributed by atoms with van der Waals surface area (Å²) in [7, 11) is 0. The summed E-state index contributed by atoms with van der Waals surface area (Å²) >= 11 is 4.82. The SMILES string of the molecule is CC(C(=O)Nc1ccc(N2CCOCC2)cc1)C(N)=S. The standard InChI is InChI=1S/C14H19N3O2S/c1-10(13(15)20)14(18)16-11-2-4-12(5-3-11)17-6-8-19-9-7-17/h2-5,10H,6-9H2,1H3,(H2,15,20)(H,16,18). The molecule has 0 bridgehead atoms. The average Bonchev–Trinajstić information content (AvgIpc) is 2.48. The molecule has 0 spiro atoms. The monoisotopic (exact) mass is 293 g/mol. The highest BCUT2D eigenvalue weighted by Gasteiger charge is 2.16. The third-order valence-corrected chi connectivity index (χ3v) is 3.68. The van der Waals surface area contributed by atoms with Gasteiger partial charge in [-0.25, -0.2) is 0 Å². The maximum atomic E-state index is 11.8. The Hall–Kier alpha value is -1.66. The molecule has 5 nitrogen and oxygen atoms in total. The van der Waals surface area contributed by atoms with Gasteiger partial charge in [0, 0.05) is 24.5 Å². The largest absolute Gasteiger partial charge is 0.393 e. The molecule has 0 aromatic heterocycles. The predicted molar refractivity (Wildman–Crippen MR) is 84.1 cm³/mol. The fraction of sp³-hybridized carbons (Fsp3) is 0.429. The third-order valence-electron chi connectivity index (χ3n) is 3.33. The number of carbonyl (C=O) groups excluding carboxylic acids is 1. The Morgan fingerprint density at radius 2 is 1.95 bits per heavy atom. The topological polar surface area (TPSA) is 67.6 Å². The number of nitrogens with one attached hydrogen (secondary N) is 1. The highest BCUT2D eigenvalue weighted by atomic mass is 32.1. The van der Waals surface area contributed by atoms with Crippen LogP contribution in [0.3, 0.4) is 0 Å². The summed E-state index contributed by atoms with van der Waals surface area (Å²) in [6, 6.07) is 7.75. The highest BCUT2D eigenvalue weighted by molar-refractivity contribution is 7.80. The van der Waals surface area contributed by atoms with Gasteiger partial charge < -0.3 is 20.7 Å². The minimum atomic E-state index is -0.469. The Labute approximate surface area is 124 Å². The van der Waals surface area contributed by atoms with Gasteiger partial charge in [-0.15, -0.1) is 0 Å². The number of ether oxygens (including phenoxy) is 1. The number of nitrogens with zero attached hydrogens (tertiary/aromatic N) is 1. The quantitative estimate of drug-likeness (QED) is 0.821. The Morgan fingerprint density at radius 1 is 1.35 bits per heavy atom. The van der Waals surface area contributed by atoms with Crippen molar-refractivity contribution in [3.05, 3.63) is 24.3 Å². The third kappa shape index (κ3) is 3.68. The minimum Gasteiger partial charge on any atom is -0.393 e. The van der Waals surface area contributed by atoms with Gasteiger partial charge in [0.05, 0.1) is 24.1 Å². The lowest BCUT2D eigenvalue weighted by Crippen LogP contribution is -2.36. The van der Waals surface area contributed by atoms with Gasteiger partial charge in [0.25, 0.3) is 0 Å². The molecule has 1 aromatic rings. The van der Waals surface area contributed by atoms with E-state index in [2.05, 4.69) is 10.2 Å². The zero-order chi connectivity index (χ0) is 14.5. The zero-order valence-corrected chi connectivity index (χ0v) is 12.3. The molecule has 1 atom stereocenters. The zero-order valence-electron chi connectivity index (χ0n) is 11.5. The molecule has 1 aromatic carbocycles. The fourth-order valence-corrected chi connectivity index (χ4v) is 2.06. The number of anilines is 2. The first-order chi connectivity index (χ1) is 9.58. The van der Waals surface area contributed by atoms with Crippen molar-refractivity contribution in [1.29, 1.82) is 0 Å². The number of carbonyl (C=O) groups is 1. The van der Waals surface area contributed by atoms with Crippen LogP contribution in [0.5, 0.6) is 0 Å². The van der Waals surface area contributed by atoms with E-state index in [0.717, 1.165) is 37.7 Å². The van der Waals surface area contributed by atoms with Crippen molar-refractivity contribution in [3.63, 3.8) is 0 Å². The van der Waals surface area contributed by atoms with Gasteiger partial charge in [-0.3, -0.25) is 4.79 Å². The van der Waals surface area contributed by atoms with Crippen molar-refractivity contribution in [2.75, 3.05) is 36.5 Å². The van der Waals surface area contributed by atoms with Gasteiger partial charge in [0.1, 0.15) is 0 Å². The maximum Gasteiger partial charge on any atom is 0.234 e. The summed E-state index contributed by atoms with van der Waals surface area (Å²) in [5.41, 5.74) is 7.34. The van der Waals surface area contributed by atoms with E-state index in [1.807, 2.05) is 24.3 Å². The van der Waals surface area contributed by atoms with Crippen LogP contribution in [0, 0.1) is 5.92 Å². The van der Waals surface area contributed by atoms with Crippen molar-refractivity contribution in [2.24, 2.45) is 11.7 Å². The number of benzene rings is 1. The summed E-state index contributed by atoms with van der Waals surface area (Å²) in [5.74, 6) is -0.652. The molecule has 3 N–H and O–H groups in total. The fourth-order valence-electron chi connectivity index (χ4n) is 1.96. The van der Waals surface area contributed by atoms with Gasteiger partial charge in [-0.2, -0.15) is 0 Å². The second-order valence-electron chi connectivity index (χ2n) is 4.76. The molecule has 6 heteroatoms. The lowest BCUT2D eigenvalue weighted by Gasteiger charge is -2.28. The molecule has 20 heavy (non-hydrogen) atoms. The summed E-state index contributed by atoms with van der Waals surface area (Å²) < 4.78 is 5.32. The summed E-state index contributed by atoms with van der Waals surface area (Å²) in [6.07, 6.45) is 0. The van der Waals surface area contributed by atoms with Gasteiger partial charge in [-0.05, 0) is 31.2 Å². The molecule has 1 amide bonds. The van der Waals surface area contributed by atoms with Crippen molar-refractivity contribution < 1.29 is 9.53 Å². The minimum absolute atomic E-state index is 0.184. The van der Waals surface area contributed by atoms with Crippen LogP contribution in [0.25, 0.3) is 0 Å². The number of thiocarbonyl (C=S) groups is 1. The van der Waals surface area contributed by atoms with E-state index < -0.39 is 5.92 Å². The summed E-state index contributed by atoms with van der Waals surface area (Å²) in [4.78, 5) is 14.3. The van der Waals surface area contributed by atoms with Crippen LogP contribution in [-0.2, 0) is 9.53 Å². The van der Waals surface area contributed by atoms with Crippen LogP contribution < -0.4 is 16.0 Å². The Bertz CT molecular complexity index is 484. The Kier molecular flexibility index (Phi) is 4.92. The van der Waals surface area contributed by atoms with Crippen LogP contribution >= 0.6 is 12.2 Å². The van der Waals surface area contributed by atoms with Crippen molar-refractivity contribution in [3.8, 4) is 0 Å². The molecule has 1 unspecified atom stereocenters. The second-order valence-corrected chi connectivity index (χ2v) is 5.23. The second kappa shape index (κ2) is 6.67. The molecule has 1 fully saturated rings. The Morgan fingerprint density at radius 3 is 2.50 bits per heavy atom. The number of nitrogens with two attached hydrogens (primary N) is 1. The lowest BCUT2D eigenvalue weighted by molar-refractivity contribution is -0.117. The molecule has 1 heterocycles. The van der Waals surface area contributed by atoms with Crippen molar-refractivity contribution in [1.82, 2.24) is 0 Å². The van der Waals surface area contributed by atoms with E-state index in [9.17, 15) is 4.79 Å². The van der Waals surface area contributed by atoms with Gasteiger partial charge in [0.15, 0.2) is 0 Å². The van der Waals surface area contributed by atoms with Crippen LogP contribution in [0.4, 0.5) is 11.4 Å². The van der Waals surface area contributed by atoms with Gasteiger partial charge in [-0.1, -0.05) is 12.2 Å². The number of amides is 1. The number of rotatable bonds is 4. The van der Waals surface area contributed by atoms with E-state index in [-0.39, 0.29) is 10.9 Å². The predicted octanol–water partition coefficient (Wildman–Crippen LogP) is 1.38. The van der Waals surface area contributed by atoms with Crippen molar-refractivity contribution in [2.45, 2.75) is 6.92 Å². The number of hydrogen-bond acceptors (Lipinski definition) is 4. The number of morpholine rings is 1. The van der Waals surface area contributed by atoms with Crippen LogP contribution in [-0.4, -0.2) is 37.2 Å². The first-order valence-corrected chi connectivity index (χ1v) is 7.01. The molecule has 1 aliphatic rings. The van der Waals surface area contributed by atoms with Crippen LogP contribution in [0.1, 0.15) is 6.92 Å². The van der Waals surface area contributed by atoms with E-state index in [4.69, 9.17) is 22.7 Å². The van der Waals surface area contributed by atoms with Gasteiger partial charge in [0.2, 0.25) is 5.91 Å². The molecule has 1 saturated heterocycles. The van der Waals surface area contributed by atoms with E-state index in [1.54, 1.807) is 6.92 Å². The van der Waals surface area contributed by atoms with E-state index in [0.29, 0.717) is 0 Å². The molecular formula is C14H19N3O2S. The molecule has 0 radical (unpaired) electrons. The Balaban J connectivity index is 1.97. The highest BCUT2D eigenvalue weighted by Crippen LogP contribution is 2.19. The van der Waals surface area contributed by atoms with Crippen molar-refractivity contribution >= 4 is 34.5 Å². The smallest absolute Gasteiger partial charge is 0.234 e. The first-order valence-electron chi connectivity index (χ1n) is 6.61. The summed E-state index contributed by atoms with van der Waals surface area (Å²) in [6.45, 7) is 4.99. The molecule has 2 rings (SSSR count). The molecule has 0 aliphatic carbocycles. The van der Waals surface area contributed by atoms with Crippen LogP contribution in [0.15, 0.2) is 24.3 Å². The molecule has 108 valence electrons. The molecule has 0 saturated carbocycles. The van der Waals surface area contributed by atoms with Gasteiger partial charge >= 0.3 is 0 Å².